The molecule has 0 rings (SSSR count). The summed E-state index contributed by atoms with van der Waals surface area (Å²) in [4.78, 5) is 0. The summed E-state index contributed by atoms with van der Waals surface area (Å²) in [6.45, 7) is 0. The van der Waals surface area contributed by atoms with Crippen LogP contribution in [0, 0.1) is 238 Å². The monoisotopic (exact) mass is 2660 g/mol. The number of rotatable bonds is 0. The van der Waals surface area contributed by atoms with Crippen LogP contribution in [0.3, 0.4) is 0 Å². The molecule has 0 aliphatic carbocycles. The van der Waals surface area contributed by atoms with Gasteiger partial charge in [-0.25, -0.2) is 0 Å². The van der Waals surface area contributed by atoms with Gasteiger partial charge >= 0.3 is 119 Å². The normalized spacial score (nSPS) is 0. The molecule has 0 unspecified atom stereocenters. The summed E-state index contributed by atoms with van der Waals surface area (Å²) in [7, 11) is 0. The standard InChI is InChI=1S/32CH3.16H2N.10Os/h32*1H3;16*1H2;;;;;;;;;;/q48*-1;;;;;6*+6. The van der Waals surface area contributed by atoms with E-state index in [1.165, 1.54) is 0 Å². The zero-order valence-corrected chi connectivity index (χ0v) is 70.2. The molecular formula is C32H128N16Os10-12. The summed E-state index contributed by atoms with van der Waals surface area (Å²) in [5.74, 6) is 0. The fourth-order valence-corrected chi connectivity index (χ4v) is 0. The Hall–Kier alpha value is 5.72. The summed E-state index contributed by atoms with van der Waals surface area (Å²) in [5, 5.41) is 0. The van der Waals surface area contributed by atoms with Gasteiger partial charge in [0.15, 0.2) is 0 Å². The van der Waals surface area contributed by atoms with Gasteiger partial charge in [0.25, 0.3) is 0 Å². The number of hydrogen-bond acceptors (Lipinski definition) is 0. The third kappa shape index (κ3) is 6950. The van der Waals surface area contributed by atoms with Gasteiger partial charge in [-0.2, -0.15) is 0 Å². The van der Waals surface area contributed by atoms with Gasteiger partial charge in [-0.15, -0.1) is 0 Å². The molecule has 0 radical (unpaired) electrons. The van der Waals surface area contributed by atoms with E-state index in [-0.39, 0.29) is 534 Å². The Bertz CT molecular complexity index is 82.5. The summed E-state index contributed by atoms with van der Waals surface area (Å²) in [6.07, 6.45) is 0. The van der Waals surface area contributed by atoms with Gasteiger partial charge < -0.3 is 336 Å². The first-order chi connectivity index (χ1) is 0. The van der Waals surface area contributed by atoms with Crippen molar-refractivity contribution in [3.8, 4) is 0 Å². The van der Waals surface area contributed by atoms with Crippen LogP contribution in [0.25, 0.3) is 98.4 Å². The fraction of sp³-hybridized carbons (Fsp3) is 0. The van der Waals surface area contributed by atoms with Crippen LogP contribution in [0.1, 0.15) is 0 Å². The second-order valence-corrected chi connectivity index (χ2v) is 0. The molecule has 0 saturated carbocycles. The molecule has 58 heavy (non-hydrogen) atoms. The van der Waals surface area contributed by atoms with Crippen molar-refractivity contribution in [3.63, 3.8) is 0 Å². The maximum atomic E-state index is 0. The van der Waals surface area contributed by atoms with E-state index in [0.717, 1.165) is 0 Å². The summed E-state index contributed by atoms with van der Waals surface area (Å²) < 4.78 is 0. The second-order valence-electron chi connectivity index (χ2n) is 0. The maximum absolute atomic E-state index is 0. The van der Waals surface area contributed by atoms with Gasteiger partial charge in [-0.05, 0) is 0 Å². The van der Waals surface area contributed by atoms with Gasteiger partial charge in [0, 0.05) is 79.2 Å². The molecule has 0 fully saturated rings. The molecule has 428 valence electrons. The first kappa shape index (κ1) is 7650. The predicted octanol–water partition coefficient (Wildman–Crippen LogP) is 25.9. The first-order valence-corrected chi connectivity index (χ1v) is 0. The predicted molar refractivity (Wildman–Crippen MR) is 290 cm³/mol. The minimum absolute atomic E-state index is 0. The Balaban J connectivity index is 0. The molecule has 0 saturated heterocycles. The molecule has 32 N–H and O–H groups in total. The van der Waals surface area contributed by atoms with Gasteiger partial charge in [0.05, 0.1) is 0 Å². The molecular weight excluding hydrogens is 2510 g/mol. The Labute approximate surface area is 527 Å². The Morgan fingerprint density at radius 3 is 0.0690 bits per heavy atom. The van der Waals surface area contributed by atoms with Crippen molar-refractivity contribution >= 4 is 0 Å². The van der Waals surface area contributed by atoms with E-state index in [1.807, 2.05) is 0 Å². The third-order valence-corrected chi connectivity index (χ3v) is 0. The average Bonchev–Trinajstić information content (AvgIpc) is 0. The van der Waals surface area contributed by atoms with E-state index in [9.17, 15) is 0 Å². The van der Waals surface area contributed by atoms with Crippen LogP contribution in [0.5, 0.6) is 0 Å². The second kappa shape index (κ2) is 7290. The fourth-order valence-electron chi connectivity index (χ4n) is 0. The SMILES string of the molecule is [CH3-].[CH3-].[CH3-].[CH3-].[CH3-].[CH3-].[CH3-].[CH3-].[CH3-].[CH3-].[CH3-].[CH3-].[CH3-].[CH3-].[CH3-].[CH3-].[CH3-].[CH3-].[CH3-].[CH3-].[CH3-].[CH3-].[CH3-].[CH3-].[CH3-].[CH3-].[CH3-].[CH3-].[CH3-].[CH3-].[CH3-].[CH3-].[NH2-].[NH2-].[NH2-].[NH2-].[NH2-].[NH2-].[NH2-].[NH2-].[NH2-].[NH2-].[NH2-].[NH2-].[NH2-].[NH2-].[NH2-].[NH2-].[Os+6].[Os+6].[Os+6].[Os+6].[Os+6].[Os+6].[Os].[Os].[Os].[Os]. The molecule has 26 heteroatoms. The zero-order chi connectivity index (χ0) is 0. The van der Waals surface area contributed by atoms with Crippen LogP contribution in [-0.2, 0) is 198 Å². The van der Waals surface area contributed by atoms with Gasteiger partial charge in [0.1, 0.15) is 0 Å². The minimum Gasteiger partial charge on any atom is -0.693 e. The zero-order valence-electron chi connectivity index (χ0n) is 44.8. The van der Waals surface area contributed by atoms with E-state index < -0.39 is 0 Å². The smallest absolute Gasteiger partial charge is 0.693 e. The molecule has 0 aromatic rings. The summed E-state index contributed by atoms with van der Waals surface area (Å²) >= 11 is 0. The maximum Gasteiger partial charge on any atom is 6.00 e. The van der Waals surface area contributed by atoms with Crippen LogP contribution in [-0.4, -0.2) is 0 Å². The topological polar surface area (TPSA) is 536 Å². The van der Waals surface area contributed by atoms with Gasteiger partial charge in [0.2, 0.25) is 0 Å². The van der Waals surface area contributed by atoms with Crippen molar-refractivity contribution < 1.29 is 198 Å². The molecule has 0 amide bonds. The number of nitrogens with two attached hydrogens (primary N) is 16. The Morgan fingerprint density at radius 2 is 0.0690 bits per heavy atom. The number of hydrogen-bond donors (Lipinski definition) is 0. The molecule has 0 aromatic carbocycles. The summed E-state index contributed by atoms with van der Waals surface area (Å²) in [6, 6.07) is 0. The molecule has 0 atom stereocenters. The van der Waals surface area contributed by atoms with Crippen LogP contribution >= 0.6 is 0 Å². The van der Waals surface area contributed by atoms with Crippen LogP contribution in [0.15, 0.2) is 0 Å². The van der Waals surface area contributed by atoms with Crippen LogP contribution < -0.4 is 0 Å². The van der Waals surface area contributed by atoms with Crippen molar-refractivity contribution in [2.45, 2.75) is 0 Å². The molecule has 0 spiro atoms. The molecule has 0 aromatic heterocycles. The summed E-state index contributed by atoms with van der Waals surface area (Å²) in [5.41, 5.74) is 0. The van der Waals surface area contributed by atoms with Crippen molar-refractivity contribution in [1.29, 1.82) is 0 Å². The molecule has 0 heterocycles. The van der Waals surface area contributed by atoms with Crippen LogP contribution in [0.2, 0.25) is 0 Å². The van der Waals surface area contributed by atoms with Gasteiger partial charge in [-0.3, -0.25) is 0 Å². The minimum atomic E-state index is 0. The molecule has 0 aliphatic heterocycles. The molecule has 0 aliphatic rings. The van der Waals surface area contributed by atoms with Gasteiger partial charge in [-0.1, -0.05) is 0 Å². The van der Waals surface area contributed by atoms with Crippen LogP contribution in [0.4, 0.5) is 0 Å². The van der Waals surface area contributed by atoms with E-state index in [4.69, 9.17) is 0 Å². The third-order valence-electron chi connectivity index (χ3n) is 0. The van der Waals surface area contributed by atoms with Crippen molar-refractivity contribution in [2.24, 2.45) is 0 Å². The molecule has 0 bridgehead atoms. The Morgan fingerprint density at radius 1 is 0.0690 bits per heavy atom. The van der Waals surface area contributed by atoms with E-state index in [0.29, 0.717) is 0 Å². The van der Waals surface area contributed by atoms with Crippen molar-refractivity contribution in [3.05, 3.63) is 336 Å². The van der Waals surface area contributed by atoms with Crippen molar-refractivity contribution in [1.82, 2.24) is 0 Å². The average molecular weight is 2640 g/mol. The van der Waals surface area contributed by atoms with E-state index >= 15 is 0 Å². The molecule has 16 nitrogen and oxygen atoms in total. The quantitative estimate of drug-likeness (QED) is 0.204. The van der Waals surface area contributed by atoms with E-state index in [1.54, 1.807) is 0 Å². The first-order valence-electron chi connectivity index (χ1n) is 0. The largest absolute Gasteiger partial charge is 6.00 e. The van der Waals surface area contributed by atoms with Crippen molar-refractivity contribution in [2.75, 3.05) is 0 Å². The van der Waals surface area contributed by atoms with E-state index in [2.05, 4.69) is 0 Å². The Kier molecular flexibility index (Phi) is 962000.